The topological polar surface area (TPSA) is 87.7 Å². The Morgan fingerprint density at radius 1 is 1.06 bits per heavy atom. The first kappa shape index (κ1) is 25.1. The third-order valence-corrected chi connectivity index (χ3v) is 6.43. The van der Waals surface area contributed by atoms with Gasteiger partial charge in [0.05, 0.1) is 0 Å². The molecule has 0 spiro atoms. The minimum absolute atomic E-state index is 0.0000420. The summed E-state index contributed by atoms with van der Waals surface area (Å²) in [4.78, 5) is 40.9. The number of carbonyl (C=O) groups excluding carboxylic acids is 3. The van der Waals surface area contributed by atoms with Gasteiger partial charge in [0.2, 0.25) is 11.8 Å². The molecule has 1 aromatic rings. The van der Waals surface area contributed by atoms with Crippen LogP contribution in [0.5, 0.6) is 0 Å². The van der Waals surface area contributed by atoms with Crippen molar-refractivity contribution in [2.75, 3.05) is 6.54 Å². The van der Waals surface area contributed by atoms with Crippen LogP contribution in [0, 0.1) is 13.8 Å². The van der Waals surface area contributed by atoms with Gasteiger partial charge in [-0.25, -0.2) is 4.79 Å². The van der Waals surface area contributed by atoms with Gasteiger partial charge in [-0.05, 0) is 77.0 Å². The van der Waals surface area contributed by atoms with Crippen molar-refractivity contribution < 1.29 is 19.1 Å². The quantitative estimate of drug-likeness (QED) is 0.639. The van der Waals surface area contributed by atoms with Crippen molar-refractivity contribution in [3.8, 4) is 0 Å². The maximum Gasteiger partial charge on any atom is 0.408 e. The van der Waals surface area contributed by atoms with Crippen molar-refractivity contribution >= 4 is 17.9 Å². The Hall–Kier alpha value is -2.57. The van der Waals surface area contributed by atoms with Crippen LogP contribution in [0.1, 0.15) is 88.4 Å². The van der Waals surface area contributed by atoms with Gasteiger partial charge >= 0.3 is 6.09 Å². The van der Waals surface area contributed by atoms with Gasteiger partial charge in [-0.15, -0.1) is 0 Å². The molecule has 1 unspecified atom stereocenters. The Labute approximate surface area is 197 Å². The van der Waals surface area contributed by atoms with Gasteiger partial charge in [-0.2, -0.15) is 0 Å². The Balaban J connectivity index is 1.84. The molecule has 0 saturated heterocycles. The number of ether oxygens (including phenoxy) is 1. The summed E-state index contributed by atoms with van der Waals surface area (Å²) >= 11 is 0. The van der Waals surface area contributed by atoms with E-state index in [0.29, 0.717) is 0 Å². The number of amides is 3. The van der Waals surface area contributed by atoms with E-state index in [0.717, 1.165) is 55.2 Å². The van der Waals surface area contributed by atoms with Crippen LogP contribution in [0.25, 0.3) is 0 Å². The van der Waals surface area contributed by atoms with Crippen molar-refractivity contribution in [3.63, 3.8) is 0 Å². The number of aryl methyl sites for hydroxylation is 1. The fraction of sp³-hybridized carbons (Fsp3) is 0.654. The molecule has 7 nitrogen and oxygen atoms in total. The standard InChI is InChI=1S/C26H39N3O4/c1-17-10-9-13-21(18(17)2)23(24(31)28-19-11-7-6-8-12-19)29(20-14-15-20)22(30)16-27-25(32)33-26(3,4)5/h9-10,13,19-20,23H,6-8,11-12,14-16H2,1-5H3,(H,27,32)(H,28,31). The van der Waals surface area contributed by atoms with E-state index in [4.69, 9.17) is 4.74 Å². The number of alkyl carbamates (subject to hydrolysis) is 1. The third kappa shape index (κ3) is 6.95. The summed E-state index contributed by atoms with van der Waals surface area (Å²) in [5, 5.41) is 5.80. The molecule has 7 heteroatoms. The van der Waals surface area contributed by atoms with Crippen LogP contribution in [0.2, 0.25) is 0 Å². The highest BCUT2D eigenvalue weighted by molar-refractivity contribution is 5.91. The Morgan fingerprint density at radius 3 is 2.33 bits per heavy atom. The molecule has 2 N–H and O–H groups in total. The number of rotatable bonds is 7. The summed E-state index contributed by atoms with van der Waals surface area (Å²) in [6.07, 6.45) is 6.46. The highest BCUT2D eigenvalue weighted by Gasteiger charge is 2.42. The van der Waals surface area contributed by atoms with Crippen LogP contribution in [0.15, 0.2) is 18.2 Å². The fourth-order valence-electron chi connectivity index (χ4n) is 4.48. The van der Waals surface area contributed by atoms with E-state index in [1.54, 1.807) is 25.7 Å². The van der Waals surface area contributed by atoms with Gasteiger partial charge in [0.25, 0.3) is 0 Å². The van der Waals surface area contributed by atoms with Crippen LogP contribution in [0.4, 0.5) is 4.79 Å². The van der Waals surface area contributed by atoms with Gasteiger partial charge in [0.15, 0.2) is 0 Å². The predicted octanol–water partition coefficient (Wildman–Crippen LogP) is 4.31. The van der Waals surface area contributed by atoms with Crippen molar-refractivity contribution in [3.05, 3.63) is 34.9 Å². The summed E-state index contributed by atoms with van der Waals surface area (Å²) in [7, 11) is 0. The van der Waals surface area contributed by atoms with E-state index in [2.05, 4.69) is 10.6 Å². The second-order valence-corrected chi connectivity index (χ2v) is 10.4. The van der Waals surface area contributed by atoms with Gasteiger partial charge < -0.3 is 20.3 Å². The fourth-order valence-corrected chi connectivity index (χ4v) is 4.48. The Morgan fingerprint density at radius 2 is 1.73 bits per heavy atom. The summed E-state index contributed by atoms with van der Waals surface area (Å²) in [6, 6.07) is 5.33. The molecule has 0 aliphatic heterocycles. The van der Waals surface area contributed by atoms with Crippen LogP contribution < -0.4 is 10.6 Å². The van der Waals surface area contributed by atoms with E-state index < -0.39 is 17.7 Å². The molecule has 1 atom stereocenters. The van der Waals surface area contributed by atoms with Gasteiger partial charge in [-0.1, -0.05) is 37.5 Å². The minimum atomic E-state index is -0.715. The van der Waals surface area contributed by atoms with Crippen LogP contribution in [-0.2, 0) is 14.3 Å². The van der Waals surface area contributed by atoms with Crippen LogP contribution >= 0.6 is 0 Å². The van der Waals surface area contributed by atoms with Crippen LogP contribution in [0.3, 0.4) is 0 Å². The molecule has 1 aromatic carbocycles. The second-order valence-electron chi connectivity index (χ2n) is 10.4. The predicted molar refractivity (Wildman–Crippen MR) is 128 cm³/mol. The molecular weight excluding hydrogens is 418 g/mol. The van der Waals surface area contributed by atoms with Gasteiger partial charge in [0.1, 0.15) is 18.2 Å². The monoisotopic (exact) mass is 457 g/mol. The molecule has 3 amide bonds. The zero-order chi connectivity index (χ0) is 24.2. The smallest absolute Gasteiger partial charge is 0.408 e. The highest BCUT2D eigenvalue weighted by atomic mass is 16.6. The lowest BCUT2D eigenvalue weighted by atomic mass is 9.93. The lowest BCUT2D eigenvalue weighted by molar-refractivity contribution is -0.141. The van der Waals surface area contributed by atoms with Crippen molar-refractivity contribution in [2.24, 2.45) is 0 Å². The normalized spacial score (nSPS) is 17.7. The molecule has 0 bridgehead atoms. The number of hydrogen-bond donors (Lipinski definition) is 2. The molecular formula is C26H39N3O4. The average Bonchev–Trinajstić information content (AvgIpc) is 3.57. The van der Waals surface area contributed by atoms with Crippen molar-refractivity contribution in [1.82, 2.24) is 15.5 Å². The number of carbonyl (C=O) groups is 3. The molecule has 182 valence electrons. The Bertz CT molecular complexity index is 867. The number of hydrogen-bond acceptors (Lipinski definition) is 4. The van der Waals surface area contributed by atoms with E-state index >= 15 is 0 Å². The Kier molecular flexibility index (Phi) is 8.03. The largest absolute Gasteiger partial charge is 0.444 e. The third-order valence-electron chi connectivity index (χ3n) is 6.43. The zero-order valence-electron chi connectivity index (χ0n) is 20.7. The number of nitrogens with one attached hydrogen (secondary N) is 2. The molecule has 0 radical (unpaired) electrons. The first-order valence-electron chi connectivity index (χ1n) is 12.2. The average molecular weight is 458 g/mol. The van der Waals surface area contributed by atoms with E-state index in [9.17, 15) is 14.4 Å². The zero-order valence-corrected chi connectivity index (χ0v) is 20.7. The van der Waals surface area contributed by atoms with E-state index in [1.807, 2.05) is 32.0 Å². The minimum Gasteiger partial charge on any atom is -0.444 e. The van der Waals surface area contributed by atoms with E-state index in [-0.39, 0.29) is 30.4 Å². The SMILES string of the molecule is Cc1cccc(C(C(=O)NC2CCCCC2)N(C(=O)CNC(=O)OC(C)(C)C)C2CC2)c1C. The lowest BCUT2D eigenvalue weighted by Crippen LogP contribution is -2.50. The van der Waals surface area contributed by atoms with Gasteiger partial charge in [0, 0.05) is 12.1 Å². The highest BCUT2D eigenvalue weighted by Crippen LogP contribution is 2.36. The van der Waals surface area contributed by atoms with E-state index in [1.165, 1.54) is 6.42 Å². The van der Waals surface area contributed by atoms with Crippen molar-refractivity contribution in [1.29, 1.82) is 0 Å². The molecule has 0 aromatic heterocycles. The summed E-state index contributed by atoms with van der Waals surface area (Å²) in [5.41, 5.74) is 2.29. The number of benzene rings is 1. The van der Waals surface area contributed by atoms with Crippen molar-refractivity contribution in [2.45, 2.75) is 103 Å². The maximum atomic E-state index is 13.7. The molecule has 2 aliphatic rings. The first-order chi connectivity index (χ1) is 15.6. The molecule has 2 saturated carbocycles. The molecule has 2 fully saturated rings. The first-order valence-corrected chi connectivity index (χ1v) is 12.2. The summed E-state index contributed by atoms with van der Waals surface area (Å²) in [5.74, 6) is -0.402. The maximum absolute atomic E-state index is 13.7. The summed E-state index contributed by atoms with van der Waals surface area (Å²) in [6.45, 7) is 9.14. The number of nitrogens with zero attached hydrogens (tertiary/aromatic N) is 1. The lowest BCUT2D eigenvalue weighted by Gasteiger charge is -2.34. The molecule has 2 aliphatic carbocycles. The van der Waals surface area contributed by atoms with Gasteiger partial charge in [-0.3, -0.25) is 9.59 Å². The molecule has 33 heavy (non-hydrogen) atoms. The second kappa shape index (κ2) is 10.6. The van der Waals surface area contributed by atoms with Crippen LogP contribution in [-0.4, -0.2) is 47.0 Å². The molecule has 0 heterocycles. The summed E-state index contributed by atoms with van der Waals surface area (Å²) < 4.78 is 5.27. The molecule has 3 rings (SSSR count).